The topological polar surface area (TPSA) is 92.1 Å². The maximum Gasteiger partial charge on any atom is 0.433 e. The smallest absolute Gasteiger partial charge is 0.379 e. The van der Waals surface area contributed by atoms with E-state index in [-0.39, 0.29) is 23.8 Å². The minimum Gasteiger partial charge on any atom is -0.379 e. The van der Waals surface area contributed by atoms with E-state index in [1.165, 1.54) is 24.3 Å². The third-order valence-corrected chi connectivity index (χ3v) is 5.34. The van der Waals surface area contributed by atoms with E-state index in [2.05, 4.69) is 20.7 Å². The number of anilines is 1. The number of amides is 1. The van der Waals surface area contributed by atoms with Gasteiger partial charge >= 0.3 is 6.18 Å². The summed E-state index contributed by atoms with van der Waals surface area (Å²) in [5, 5.41) is 19.3. The normalized spacial score (nSPS) is 18.8. The first-order chi connectivity index (χ1) is 15.7. The molecule has 2 atom stereocenters. The number of nitrogens with zero attached hydrogens (tertiary/aromatic N) is 3. The fourth-order valence-electron chi connectivity index (χ4n) is 3.66. The summed E-state index contributed by atoms with van der Waals surface area (Å²) in [7, 11) is 0. The van der Waals surface area contributed by atoms with Gasteiger partial charge in [-0.1, -0.05) is 6.07 Å². The molecular formula is C22H21F4N5O2. The number of aliphatic hydroxyl groups is 1. The molecule has 7 nitrogen and oxygen atoms in total. The molecule has 1 aromatic carbocycles. The van der Waals surface area contributed by atoms with Crippen LogP contribution in [0.3, 0.4) is 0 Å². The summed E-state index contributed by atoms with van der Waals surface area (Å²) in [6.07, 6.45) is -0.915. The number of benzene rings is 1. The number of pyridine rings is 1. The molecule has 1 aliphatic rings. The number of nitrogens with one attached hydrogen (secondary N) is 2. The zero-order valence-electron chi connectivity index (χ0n) is 17.3. The molecule has 0 bridgehead atoms. The Morgan fingerprint density at radius 1 is 1.24 bits per heavy atom. The van der Waals surface area contributed by atoms with Crippen LogP contribution in [-0.4, -0.2) is 38.6 Å². The first kappa shape index (κ1) is 22.9. The predicted octanol–water partition coefficient (Wildman–Crippen LogP) is 3.53. The first-order valence-corrected chi connectivity index (χ1v) is 10.3. The molecule has 11 heteroatoms. The van der Waals surface area contributed by atoms with Crippen LogP contribution in [0.2, 0.25) is 0 Å². The maximum absolute atomic E-state index is 14.7. The maximum atomic E-state index is 14.7. The van der Waals surface area contributed by atoms with Crippen molar-refractivity contribution >= 4 is 11.6 Å². The van der Waals surface area contributed by atoms with Crippen molar-refractivity contribution in [3.8, 4) is 11.1 Å². The van der Waals surface area contributed by atoms with Crippen molar-refractivity contribution in [3.05, 3.63) is 66.0 Å². The number of aliphatic hydroxyl groups excluding tert-OH is 1. The molecule has 0 aliphatic carbocycles. The van der Waals surface area contributed by atoms with Gasteiger partial charge in [-0.25, -0.2) is 9.37 Å². The number of hydrogen-bond donors (Lipinski definition) is 3. The second kappa shape index (κ2) is 9.28. The number of halogens is 4. The van der Waals surface area contributed by atoms with Crippen LogP contribution in [-0.2, 0) is 17.4 Å². The van der Waals surface area contributed by atoms with Crippen LogP contribution in [0.15, 0.2) is 48.8 Å². The summed E-state index contributed by atoms with van der Waals surface area (Å²) >= 11 is 0. The number of carbonyl (C=O) groups excluding carboxylic acids is 1. The van der Waals surface area contributed by atoms with Crippen LogP contribution in [0.25, 0.3) is 11.1 Å². The van der Waals surface area contributed by atoms with Gasteiger partial charge < -0.3 is 10.4 Å². The summed E-state index contributed by atoms with van der Waals surface area (Å²) < 4.78 is 54.8. The molecule has 4 rings (SSSR count). The average molecular weight is 463 g/mol. The standard InChI is InChI=1S/C22H21F4N5O2/c23-18-8-15(30-21(33)9-14-2-1-3-19(29-14)22(24,25)26)4-6-17(18)13-10-28-31(12-13)16-5-7-20(32)27-11-16/h1-4,6,8,10,12,16,20,27,32H,5,7,9,11H2,(H,30,33). The molecule has 0 saturated carbocycles. The number of rotatable bonds is 5. The molecule has 1 aliphatic heterocycles. The van der Waals surface area contributed by atoms with Crippen molar-refractivity contribution in [1.82, 2.24) is 20.1 Å². The van der Waals surface area contributed by atoms with E-state index in [1.807, 2.05) is 0 Å². The van der Waals surface area contributed by atoms with Crippen molar-refractivity contribution in [1.29, 1.82) is 0 Å². The molecule has 2 unspecified atom stereocenters. The Hall–Kier alpha value is -3.31. The van der Waals surface area contributed by atoms with Gasteiger partial charge in [0, 0.05) is 29.6 Å². The van der Waals surface area contributed by atoms with Crippen molar-refractivity contribution < 1.29 is 27.5 Å². The number of aromatic nitrogens is 3. The summed E-state index contributed by atoms with van der Waals surface area (Å²) in [4.78, 5) is 15.7. The highest BCUT2D eigenvalue weighted by molar-refractivity contribution is 5.92. The Morgan fingerprint density at radius 3 is 2.76 bits per heavy atom. The van der Waals surface area contributed by atoms with Crippen LogP contribution in [0, 0.1) is 5.82 Å². The van der Waals surface area contributed by atoms with E-state index in [1.54, 1.807) is 17.1 Å². The molecule has 3 heterocycles. The average Bonchev–Trinajstić information content (AvgIpc) is 3.24. The van der Waals surface area contributed by atoms with Gasteiger partial charge in [0.1, 0.15) is 17.7 Å². The lowest BCUT2D eigenvalue weighted by atomic mass is 10.1. The molecule has 1 saturated heterocycles. The van der Waals surface area contributed by atoms with Gasteiger partial charge in [-0.3, -0.25) is 14.8 Å². The number of carbonyl (C=O) groups is 1. The molecule has 3 aromatic rings. The van der Waals surface area contributed by atoms with Crippen molar-refractivity contribution in [3.63, 3.8) is 0 Å². The SMILES string of the molecule is O=C(Cc1cccc(C(F)(F)F)n1)Nc1ccc(-c2cnn(C3CCC(O)NC3)c2)c(F)c1. The highest BCUT2D eigenvalue weighted by atomic mass is 19.4. The zero-order valence-corrected chi connectivity index (χ0v) is 17.3. The van der Waals surface area contributed by atoms with Gasteiger partial charge in [-0.2, -0.15) is 18.3 Å². The molecule has 33 heavy (non-hydrogen) atoms. The molecule has 0 radical (unpaired) electrons. The third-order valence-electron chi connectivity index (χ3n) is 5.34. The number of alkyl halides is 3. The van der Waals surface area contributed by atoms with Gasteiger partial charge in [-0.05, 0) is 43.2 Å². The van der Waals surface area contributed by atoms with Crippen LogP contribution in [0.5, 0.6) is 0 Å². The second-order valence-electron chi connectivity index (χ2n) is 7.80. The van der Waals surface area contributed by atoms with Crippen LogP contribution in [0.4, 0.5) is 23.2 Å². The summed E-state index contributed by atoms with van der Waals surface area (Å²) in [5.41, 5.74) is -0.0983. The fourth-order valence-corrected chi connectivity index (χ4v) is 3.66. The highest BCUT2D eigenvalue weighted by Crippen LogP contribution is 2.28. The van der Waals surface area contributed by atoms with Gasteiger partial charge in [0.25, 0.3) is 0 Å². The third kappa shape index (κ3) is 5.55. The zero-order chi connectivity index (χ0) is 23.6. The Morgan fingerprint density at radius 2 is 2.06 bits per heavy atom. The molecule has 1 amide bonds. The molecule has 2 aromatic heterocycles. The minimum atomic E-state index is -4.60. The Labute approximate surface area is 186 Å². The monoisotopic (exact) mass is 463 g/mol. The van der Waals surface area contributed by atoms with Gasteiger partial charge in [-0.15, -0.1) is 0 Å². The Bertz CT molecular complexity index is 1140. The summed E-state index contributed by atoms with van der Waals surface area (Å²) in [5.74, 6) is -1.20. The van der Waals surface area contributed by atoms with E-state index in [0.29, 0.717) is 24.1 Å². The van der Waals surface area contributed by atoms with Crippen LogP contribution < -0.4 is 10.6 Å². The van der Waals surface area contributed by atoms with E-state index < -0.39 is 29.8 Å². The predicted molar refractivity (Wildman–Crippen MR) is 111 cm³/mol. The lowest BCUT2D eigenvalue weighted by Gasteiger charge is -2.26. The van der Waals surface area contributed by atoms with E-state index >= 15 is 0 Å². The summed E-state index contributed by atoms with van der Waals surface area (Å²) in [6, 6.07) is 7.52. The minimum absolute atomic E-state index is 0.0449. The largest absolute Gasteiger partial charge is 0.433 e. The van der Waals surface area contributed by atoms with Gasteiger partial charge in [0.05, 0.1) is 24.4 Å². The Kier molecular flexibility index (Phi) is 6.43. The summed E-state index contributed by atoms with van der Waals surface area (Å²) in [6.45, 7) is 0.552. The molecular weight excluding hydrogens is 442 g/mol. The highest BCUT2D eigenvalue weighted by Gasteiger charge is 2.32. The van der Waals surface area contributed by atoms with E-state index in [9.17, 15) is 27.5 Å². The van der Waals surface area contributed by atoms with Crippen LogP contribution in [0.1, 0.15) is 30.3 Å². The molecule has 0 spiro atoms. The van der Waals surface area contributed by atoms with E-state index in [4.69, 9.17) is 0 Å². The number of piperidine rings is 1. The van der Waals surface area contributed by atoms with Crippen molar-refractivity contribution in [2.75, 3.05) is 11.9 Å². The second-order valence-corrected chi connectivity index (χ2v) is 7.80. The molecule has 3 N–H and O–H groups in total. The lowest BCUT2D eigenvalue weighted by molar-refractivity contribution is -0.141. The fraction of sp³-hybridized carbons (Fsp3) is 0.318. The van der Waals surface area contributed by atoms with Crippen LogP contribution >= 0.6 is 0 Å². The van der Waals surface area contributed by atoms with Gasteiger partial charge in [0.15, 0.2) is 0 Å². The van der Waals surface area contributed by atoms with Gasteiger partial charge in [0.2, 0.25) is 5.91 Å². The molecule has 174 valence electrons. The van der Waals surface area contributed by atoms with Crippen molar-refractivity contribution in [2.24, 2.45) is 0 Å². The first-order valence-electron chi connectivity index (χ1n) is 10.3. The van der Waals surface area contributed by atoms with Crippen molar-refractivity contribution in [2.45, 2.75) is 37.7 Å². The number of hydrogen-bond acceptors (Lipinski definition) is 5. The quantitative estimate of drug-likeness (QED) is 0.504. The Balaban J connectivity index is 1.41. The lowest BCUT2D eigenvalue weighted by Crippen LogP contribution is -2.39. The molecule has 1 fully saturated rings. The van der Waals surface area contributed by atoms with E-state index in [0.717, 1.165) is 18.6 Å².